The fraction of sp³-hybridized carbons (Fsp3) is 0.917. The topological polar surface area (TPSA) is 49.8 Å². The fourth-order valence-corrected chi connectivity index (χ4v) is 3.13. The van der Waals surface area contributed by atoms with Crippen molar-refractivity contribution in [1.29, 1.82) is 0 Å². The quantitative estimate of drug-likeness (QED) is 0.773. The highest BCUT2D eigenvalue weighted by Gasteiger charge is 2.50. The van der Waals surface area contributed by atoms with E-state index < -0.39 is 5.97 Å². The third-order valence-corrected chi connectivity index (χ3v) is 3.87. The molecule has 2 aliphatic rings. The summed E-state index contributed by atoms with van der Waals surface area (Å²) in [5.74, 6) is -0.679. The van der Waals surface area contributed by atoms with Crippen LogP contribution in [0.15, 0.2) is 0 Å². The van der Waals surface area contributed by atoms with Gasteiger partial charge in [-0.25, -0.2) is 0 Å². The molecule has 0 bridgehead atoms. The van der Waals surface area contributed by atoms with Crippen LogP contribution in [-0.4, -0.2) is 47.3 Å². The lowest BCUT2D eigenvalue weighted by molar-refractivity contribution is -0.149. The Morgan fingerprint density at radius 1 is 1.44 bits per heavy atom. The zero-order chi connectivity index (χ0) is 11.6. The van der Waals surface area contributed by atoms with Crippen LogP contribution in [-0.2, 0) is 9.53 Å². The minimum Gasteiger partial charge on any atom is -0.481 e. The first kappa shape index (κ1) is 11.9. The highest BCUT2D eigenvalue weighted by atomic mass is 16.5. The molecule has 0 spiro atoms. The van der Waals surface area contributed by atoms with Crippen LogP contribution >= 0.6 is 0 Å². The zero-order valence-corrected chi connectivity index (χ0v) is 9.95. The Kier molecular flexibility index (Phi) is 3.50. The van der Waals surface area contributed by atoms with Crippen molar-refractivity contribution in [2.45, 2.75) is 50.7 Å². The number of likely N-dealkylation sites (tertiary alicyclic amines) is 1. The van der Waals surface area contributed by atoms with E-state index in [2.05, 4.69) is 4.90 Å². The number of ether oxygens (including phenoxy) is 1. The molecule has 0 amide bonds. The minimum absolute atomic E-state index is 0.0951. The lowest BCUT2D eigenvalue weighted by Crippen LogP contribution is -2.60. The molecule has 1 saturated carbocycles. The second-order valence-electron chi connectivity index (χ2n) is 4.97. The summed E-state index contributed by atoms with van der Waals surface area (Å²) in [5.41, 5.74) is -0.0951. The minimum atomic E-state index is -0.679. The SMILES string of the molecule is CCOC1CC(CC(=O)O)(N2CCCC2)C1. The maximum Gasteiger partial charge on any atom is 0.305 e. The van der Waals surface area contributed by atoms with E-state index in [1.807, 2.05) is 6.92 Å². The van der Waals surface area contributed by atoms with Gasteiger partial charge in [0.1, 0.15) is 0 Å². The Bertz CT molecular complexity index is 255. The summed E-state index contributed by atoms with van der Waals surface area (Å²) in [6, 6.07) is 0. The smallest absolute Gasteiger partial charge is 0.305 e. The van der Waals surface area contributed by atoms with Crippen molar-refractivity contribution in [1.82, 2.24) is 4.90 Å². The van der Waals surface area contributed by atoms with Gasteiger partial charge in [0.05, 0.1) is 12.5 Å². The Hall–Kier alpha value is -0.610. The lowest BCUT2D eigenvalue weighted by atomic mass is 9.70. The highest BCUT2D eigenvalue weighted by Crippen LogP contribution is 2.43. The second kappa shape index (κ2) is 4.72. The number of carbonyl (C=O) groups is 1. The van der Waals surface area contributed by atoms with E-state index in [0.717, 1.165) is 32.5 Å². The number of aliphatic carboxylic acids is 1. The van der Waals surface area contributed by atoms with Crippen molar-refractivity contribution in [3.8, 4) is 0 Å². The molecule has 0 unspecified atom stereocenters. The summed E-state index contributed by atoms with van der Waals surface area (Å²) in [4.78, 5) is 13.3. The fourth-order valence-electron chi connectivity index (χ4n) is 3.13. The van der Waals surface area contributed by atoms with Crippen molar-refractivity contribution in [3.63, 3.8) is 0 Å². The third kappa shape index (κ3) is 2.23. The summed E-state index contributed by atoms with van der Waals surface area (Å²) >= 11 is 0. The average Bonchev–Trinajstić information content (AvgIpc) is 2.66. The summed E-state index contributed by atoms with van der Waals surface area (Å²) in [7, 11) is 0. The van der Waals surface area contributed by atoms with E-state index in [1.165, 1.54) is 12.8 Å². The average molecular weight is 227 g/mol. The molecule has 16 heavy (non-hydrogen) atoms. The van der Waals surface area contributed by atoms with Gasteiger partial charge in [-0.1, -0.05) is 0 Å². The standard InChI is InChI=1S/C12H21NO3/c1-2-16-10-7-12(8-10,9-11(14)15)13-5-3-4-6-13/h10H,2-9H2,1H3,(H,14,15). The number of hydrogen-bond donors (Lipinski definition) is 1. The first-order valence-electron chi connectivity index (χ1n) is 6.25. The Balaban J connectivity index is 1.95. The molecule has 0 aromatic heterocycles. The third-order valence-electron chi connectivity index (χ3n) is 3.87. The molecular weight excluding hydrogens is 206 g/mol. The van der Waals surface area contributed by atoms with Crippen LogP contribution in [0, 0.1) is 0 Å². The summed E-state index contributed by atoms with van der Waals surface area (Å²) in [6.07, 6.45) is 4.77. The summed E-state index contributed by atoms with van der Waals surface area (Å²) < 4.78 is 5.55. The molecule has 1 aliphatic heterocycles. The molecule has 1 heterocycles. The predicted octanol–water partition coefficient (Wildman–Crippen LogP) is 1.49. The van der Waals surface area contributed by atoms with Crippen LogP contribution in [0.1, 0.15) is 39.0 Å². The molecule has 0 aromatic rings. The number of nitrogens with zero attached hydrogens (tertiary/aromatic N) is 1. The van der Waals surface area contributed by atoms with Crippen molar-refractivity contribution in [2.75, 3.05) is 19.7 Å². The van der Waals surface area contributed by atoms with Gasteiger partial charge < -0.3 is 9.84 Å². The first-order chi connectivity index (χ1) is 7.66. The zero-order valence-electron chi connectivity index (χ0n) is 9.95. The van der Waals surface area contributed by atoms with Crippen LogP contribution in [0.3, 0.4) is 0 Å². The van der Waals surface area contributed by atoms with E-state index in [1.54, 1.807) is 0 Å². The van der Waals surface area contributed by atoms with Crippen molar-refractivity contribution in [2.24, 2.45) is 0 Å². The van der Waals surface area contributed by atoms with Gasteiger partial charge in [-0.05, 0) is 45.7 Å². The van der Waals surface area contributed by atoms with Gasteiger partial charge in [-0.15, -0.1) is 0 Å². The monoisotopic (exact) mass is 227 g/mol. The largest absolute Gasteiger partial charge is 0.481 e. The van der Waals surface area contributed by atoms with Crippen molar-refractivity contribution < 1.29 is 14.6 Å². The molecular formula is C12H21NO3. The molecule has 2 rings (SSSR count). The molecule has 0 radical (unpaired) electrons. The summed E-state index contributed by atoms with van der Waals surface area (Å²) in [5, 5.41) is 9.02. The lowest BCUT2D eigenvalue weighted by Gasteiger charge is -2.52. The van der Waals surface area contributed by atoms with Gasteiger partial charge in [0, 0.05) is 12.1 Å². The Labute approximate surface area is 96.6 Å². The van der Waals surface area contributed by atoms with Gasteiger partial charge in [0.25, 0.3) is 0 Å². The van der Waals surface area contributed by atoms with Crippen LogP contribution in [0.25, 0.3) is 0 Å². The molecule has 0 atom stereocenters. The number of carboxylic acids is 1. The Morgan fingerprint density at radius 2 is 2.06 bits per heavy atom. The van der Waals surface area contributed by atoms with E-state index in [9.17, 15) is 4.79 Å². The molecule has 1 saturated heterocycles. The molecule has 1 aliphatic carbocycles. The van der Waals surface area contributed by atoms with Gasteiger partial charge in [-0.2, -0.15) is 0 Å². The number of rotatable bonds is 5. The predicted molar refractivity (Wildman–Crippen MR) is 60.4 cm³/mol. The van der Waals surface area contributed by atoms with Crippen LogP contribution in [0.5, 0.6) is 0 Å². The van der Waals surface area contributed by atoms with Crippen molar-refractivity contribution >= 4 is 5.97 Å². The molecule has 92 valence electrons. The van der Waals surface area contributed by atoms with Gasteiger partial charge in [0.15, 0.2) is 0 Å². The van der Waals surface area contributed by atoms with Gasteiger partial charge in [0.2, 0.25) is 0 Å². The van der Waals surface area contributed by atoms with E-state index >= 15 is 0 Å². The van der Waals surface area contributed by atoms with Crippen molar-refractivity contribution in [3.05, 3.63) is 0 Å². The van der Waals surface area contributed by atoms with Gasteiger partial charge >= 0.3 is 5.97 Å². The molecule has 2 fully saturated rings. The number of hydrogen-bond acceptors (Lipinski definition) is 3. The van der Waals surface area contributed by atoms with E-state index in [0.29, 0.717) is 0 Å². The van der Waals surface area contributed by atoms with Crippen LogP contribution < -0.4 is 0 Å². The van der Waals surface area contributed by atoms with E-state index in [-0.39, 0.29) is 18.1 Å². The maximum atomic E-state index is 11.0. The van der Waals surface area contributed by atoms with Crippen LogP contribution in [0.2, 0.25) is 0 Å². The maximum absolute atomic E-state index is 11.0. The molecule has 0 aromatic carbocycles. The number of carboxylic acid groups (broad SMARTS) is 1. The highest BCUT2D eigenvalue weighted by molar-refractivity contribution is 5.68. The Morgan fingerprint density at radius 3 is 2.56 bits per heavy atom. The molecule has 4 heteroatoms. The second-order valence-corrected chi connectivity index (χ2v) is 4.97. The summed E-state index contributed by atoms with van der Waals surface area (Å²) in [6.45, 7) is 4.85. The normalized spacial score (nSPS) is 34.9. The van der Waals surface area contributed by atoms with Gasteiger partial charge in [-0.3, -0.25) is 9.69 Å². The first-order valence-corrected chi connectivity index (χ1v) is 6.25. The van der Waals surface area contributed by atoms with Crippen LogP contribution in [0.4, 0.5) is 0 Å². The van der Waals surface area contributed by atoms with E-state index in [4.69, 9.17) is 9.84 Å². The molecule has 4 nitrogen and oxygen atoms in total. The molecule has 1 N–H and O–H groups in total.